The average molecular weight is 392 g/mol. The van der Waals surface area contributed by atoms with Gasteiger partial charge in [0.2, 0.25) is 0 Å². The highest BCUT2D eigenvalue weighted by Gasteiger charge is 2.13. The SMILES string of the molecule is C=CCOc1ccc(/C=N\NC(=O)C(=O)Nc2ccc(Cl)c(Cl)c2)cc1. The minimum atomic E-state index is -0.918. The molecule has 0 saturated heterocycles. The molecule has 0 aromatic heterocycles. The lowest BCUT2D eigenvalue weighted by atomic mass is 10.2. The van der Waals surface area contributed by atoms with Gasteiger partial charge in [0.1, 0.15) is 12.4 Å². The smallest absolute Gasteiger partial charge is 0.329 e. The van der Waals surface area contributed by atoms with Crippen LogP contribution in [0, 0.1) is 0 Å². The number of hydrogen-bond donors (Lipinski definition) is 2. The summed E-state index contributed by atoms with van der Waals surface area (Å²) in [5.41, 5.74) is 3.21. The standard InChI is InChI=1S/C18H15Cl2N3O3/c1-2-9-26-14-6-3-12(4-7-14)11-21-23-18(25)17(24)22-13-5-8-15(19)16(20)10-13/h2-8,10-11H,1,9H2,(H,22,24)(H,23,25)/b21-11-. The Morgan fingerprint density at radius 3 is 2.46 bits per heavy atom. The zero-order chi connectivity index (χ0) is 18.9. The summed E-state index contributed by atoms with van der Waals surface area (Å²) in [5, 5.41) is 6.74. The molecule has 0 bridgehead atoms. The minimum absolute atomic E-state index is 0.267. The van der Waals surface area contributed by atoms with Crippen molar-refractivity contribution >= 4 is 46.9 Å². The number of carbonyl (C=O) groups is 2. The number of rotatable bonds is 6. The van der Waals surface area contributed by atoms with Crippen LogP contribution in [0.5, 0.6) is 5.75 Å². The second-order valence-corrected chi connectivity index (χ2v) is 5.77. The largest absolute Gasteiger partial charge is 0.490 e. The maximum atomic E-state index is 11.8. The first-order valence-electron chi connectivity index (χ1n) is 7.43. The Hall–Kier alpha value is -2.83. The Kier molecular flexibility index (Phi) is 7.20. The number of benzene rings is 2. The zero-order valence-corrected chi connectivity index (χ0v) is 15.1. The van der Waals surface area contributed by atoms with Crippen molar-refractivity contribution in [3.05, 3.63) is 70.7 Å². The van der Waals surface area contributed by atoms with Crippen LogP contribution in [0.4, 0.5) is 5.69 Å². The van der Waals surface area contributed by atoms with Gasteiger partial charge in [-0.2, -0.15) is 5.10 Å². The number of anilines is 1. The molecule has 0 aliphatic rings. The number of amides is 2. The van der Waals surface area contributed by atoms with Gasteiger partial charge < -0.3 is 10.1 Å². The molecule has 2 aromatic rings. The highest BCUT2D eigenvalue weighted by molar-refractivity contribution is 6.42. The first kappa shape index (κ1) is 19.5. The van der Waals surface area contributed by atoms with Crippen LogP contribution in [0.2, 0.25) is 10.0 Å². The molecule has 8 heteroatoms. The lowest BCUT2D eigenvalue weighted by Gasteiger charge is -2.05. The van der Waals surface area contributed by atoms with Crippen molar-refractivity contribution in [1.82, 2.24) is 5.43 Å². The monoisotopic (exact) mass is 391 g/mol. The molecule has 134 valence electrons. The van der Waals surface area contributed by atoms with Crippen molar-refractivity contribution in [3.63, 3.8) is 0 Å². The first-order valence-corrected chi connectivity index (χ1v) is 8.18. The van der Waals surface area contributed by atoms with Crippen LogP contribution < -0.4 is 15.5 Å². The second-order valence-electron chi connectivity index (χ2n) is 4.95. The molecule has 2 aromatic carbocycles. The van der Waals surface area contributed by atoms with Crippen molar-refractivity contribution in [3.8, 4) is 5.75 Å². The van der Waals surface area contributed by atoms with E-state index in [1.54, 1.807) is 30.3 Å². The number of ether oxygens (including phenoxy) is 1. The molecule has 0 fully saturated rings. The number of hydrazone groups is 1. The van der Waals surface area contributed by atoms with Gasteiger partial charge in [0.05, 0.1) is 16.3 Å². The van der Waals surface area contributed by atoms with E-state index in [0.717, 1.165) is 5.56 Å². The molecule has 0 aliphatic carbocycles. The van der Waals surface area contributed by atoms with Crippen LogP contribution in [0.15, 0.2) is 60.2 Å². The second kappa shape index (κ2) is 9.60. The minimum Gasteiger partial charge on any atom is -0.490 e. The summed E-state index contributed by atoms with van der Waals surface area (Å²) in [7, 11) is 0. The van der Waals surface area contributed by atoms with E-state index in [1.807, 2.05) is 0 Å². The van der Waals surface area contributed by atoms with E-state index in [9.17, 15) is 9.59 Å². The van der Waals surface area contributed by atoms with Crippen molar-refractivity contribution < 1.29 is 14.3 Å². The lowest BCUT2D eigenvalue weighted by molar-refractivity contribution is -0.136. The van der Waals surface area contributed by atoms with Gasteiger partial charge in [-0.25, -0.2) is 5.43 Å². The highest BCUT2D eigenvalue weighted by Crippen LogP contribution is 2.24. The van der Waals surface area contributed by atoms with E-state index < -0.39 is 11.8 Å². The average Bonchev–Trinajstić information content (AvgIpc) is 2.64. The van der Waals surface area contributed by atoms with E-state index in [-0.39, 0.29) is 5.02 Å². The van der Waals surface area contributed by atoms with Gasteiger partial charge in [-0.3, -0.25) is 9.59 Å². The fourth-order valence-electron chi connectivity index (χ4n) is 1.78. The highest BCUT2D eigenvalue weighted by atomic mass is 35.5. The first-order chi connectivity index (χ1) is 12.5. The number of hydrogen-bond acceptors (Lipinski definition) is 4. The molecule has 0 heterocycles. The van der Waals surface area contributed by atoms with Gasteiger partial charge in [0.15, 0.2) is 0 Å². The Morgan fingerprint density at radius 1 is 1.08 bits per heavy atom. The molecule has 2 rings (SSSR count). The summed E-state index contributed by atoms with van der Waals surface area (Å²) in [5.74, 6) is -1.11. The number of nitrogens with zero attached hydrogens (tertiary/aromatic N) is 1. The molecular weight excluding hydrogens is 377 g/mol. The van der Waals surface area contributed by atoms with Gasteiger partial charge in [0.25, 0.3) is 0 Å². The van der Waals surface area contributed by atoms with Crippen molar-refractivity contribution in [2.75, 3.05) is 11.9 Å². The molecule has 0 atom stereocenters. The van der Waals surface area contributed by atoms with Crippen LogP contribution >= 0.6 is 23.2 Å². The van der Waals surface area contributed by atoms with Crippen LogP contribution in [-0.2, 0) is 9.59 Å². The molecule has 0 aliphatic heterocycles. The summed E-state index contributed by atoms with van der Waals surface area (Å²) >= 11 is 11.6. The fourth-order valence-corrected chi connectivity index (χ4v) is 2.08. The molecule has 6 nitrogen and oxygen atoms in total. The van der Waals surface area contributed by atoms with E-state index in [1.165, 1.54) is 24.4 Å². The Morgan fingerprint density at radius 2 is 1.81 bits per heavy atom. The van der Waals surface area contributed by atoms with E-state index in [2.05, 4.69) is 22.4 Å². The fraction of sp³-hybridized carbons (Fsp3) is 0.0556. The van der Waals surface area contributed by atoms with Gasteiger partial charge in [-0.05, 0) is 48.0 Å². The van der Waals surface area contributed by atoms with Crippen LogP contribution in [0.1, 0.15) is 5.56 Å². The summed E-state index contributed by atoms with van der Waals surface area (Å²) < 4.78 is 5.35. The van der Waals surface area contributed by atoms with Crippen molar-refractivity contribution in [1.29, 1.82) is 0 Å². The Labute approximate surface area is 160 Å². The molecule has 2 amide bonds. The van der Waals surface area contributed by atoms with Gasteiger partial charge in [0, 0.05) is 5.69 Å². The summed E-state index contributed by atoms with van der Waals surface area (Å²) in [6.45, 7) is 3.98. The van der Waals surface area contributed by atoms with Crippen LogP contribution in [0.3, 0.4) is 0 Å². The third-order valence-electron chi connectivity index (χ3n) is 3.01. The lowest BCUT2D eigenvalue weighted by Crippen LogP contribution is -2.32. The summed E-state index contributed by atoms with van der Waals surface area (Å²) in [4.78, 5) is 23.5. The predicted molar refractivity (Wildman–Crippen MR) is 103 cm³/mol. The molecule has 0 unspecified atom stereocenters. The number of nitrogens with one attached hydrogen (secondary N) is 2. The zero-order valence-electron chi connectivity index (χ0n) is 13.5. The topological polar surface area (TPSA) is 79.8 Å². The predicted octanol–water partition coefficient (Wildman–Crippen LogP) is 3.65. The third-order valence-corrected chi connectivity index (χ3v) is 3.75. The third kappa shape index (κ3) is 5.91. The maximum absolute atomic E-state index is 11.8. The van der Waals surface area contributed by atoms with Crippen molar-refractivity contribution in [2.24, 2.45) is 5.10 Å². The Bertz CT molecular complexity index is 836. The van der Waals surface area contributed by atoms with Gasteiger partial charge >= 0.3 is 11.8 Å². The van der Waals surface area contributed by atoms with Gasteiger partial charge in [-0.15, -0.1) is 0 Å². The molecular formula is C18H15Cl2N3O3. The molecule has 2 N–H and O–H groups in total. The van der Waals surface area contributed by atoms with Crippen LogP contribution in [0.25, 0.3) is 0 Å². The maximum Gasteiger partial charge on any atom is 0.329 e. The number of carbonyl (C=O) groups excluding carboxylic acids is 2. The quantitative estimate of drug-likeness (QED) is 0.341. The van der Waals surface area contributed by atoms with E-state index >= 15 is 0 Å². The summed E-state index contributed by atoms with van der Waals surface area (Å²) in [6.07, 6.45) is 3.05. The molecule has 26 heavy (non-hydrogen) atoms. The van der Waals surface area contributed by atoms with E-state index in [4.69, 9.17) is 27.9 Å². The normalized spacial score (nSPS) is 10.4. The molecule has 0 radical (unpaired) electrons. The van der Waals surface area contributed by atoms with Crippen molar-refractivity contribution in [2.45, 2.75) is 0 Å². The Balaban J connectivity index is 1.86. The molecule has 0 saturated carbocycles. The molecule has 0 spiro atoms. The summed E-state index contributed by atoms with van der Waals surface area (Å²) in [6, 6.07) is 11.5. The van der Waals surface area contributed by atoms with Gasteiger partial charge in [-0.1, -0.05) is 35.9 Å². The van der Waals surface area contributed by atoms with E-state index in [0.29, 0.717) is 23.1 Å². The van der Waals surface area contributed by atoms with Crippen LogP contribution in [-0.4, -0.2) is 24.6 Å². The number of halogens is 2.